The maximum Gasteiger partial charge on any atom is 0.322 e. The molecule has 7 heteroatoms. The van der Waals surface area contributed by atoms with Gasteiger partial charge in [-0.15, -0.1) is 16.9 Å². The molecule has 0 aliphatic carbocycles. The summed E-state index contributed by atoms with van der Waals surface area (Å²) >= 11 is 4.99. The molecule has 2 aromatic carbocycles. The van der Waals surface area contributed by atoms with E-state index in [9.17, 15) is 4.79 Å². The number of carbonyl (C=O) groups is 1. The zero-order valence-electron chi connectivity index (χ0n) is 12.1. The fourth-order valence-electron chi connectivity index (χ4n) is 1.93. The Hall–Kier alpha value is -2.12. The number of hydrogen-bond acceptors (Lipinski definition) is 5. The number of carbonyl (C=O) groups excluding carboxylic acids is 1. The number of halogens is 1. The number of nitrogens with one attached hydrogen (secondary N) is 1. The summed E-state index contributed by atoms with van der Waals surface area (Å²) < 4.78 is 6.20. The van der Waals surface area contributed by atoms with E-state index in [1.807, 2.05) is 36.6 Å². The maximum absolute atomic E-state index is 12.2. The van der Waals surface area contributed by atoms with Gasteiger partial charge >= 0.3 is 6.01 Å². The van der Waals surface area contributed by atoms with Gasteiger partial charge in [0.2, 0.25) is 5.89 Å². The molecule has 0 saturated carbocycles. The van der Waals surface area contributed by atoms with Gasteiger partial charge in [0.1, 0.15) is 0 Å². The van der Waals surface area contributed by atoms with Crippen LogP contribution in [0.1, 0.15) is 10.4 Å². The molecule has 3 rings (SSSR count). The van der Waals surface area contributed by atoms with Crippen molar-refractivity contribution in [2.75, 3.05) is 11.6 Å². The number of benzene rings is 2. The quantitative estimate of drug-likeness (QED) is 0.666. The highest BCUT2D eigenvalue weighted by Crippen LogP contribution is 2.24. The second-order valence-electron chi connectivity index (χ2n) is 4.57. The van der Waals surface area contributed by atoms with Gasteiger partial charge in [-0.1, -0.05) is 17.2 Å². The fourth-order valence-corrected chi connectivity index (χ4v) is 2.81. The van der Waals surface area contributed by atoms with Crippen LogP contribution in [-0.4, -0.2) is 22.4 Å². The van der Waals surface area contributed by atoms with Crippen LogP contribution in [0, 0.1) is 0 Å². The summed E-state index contributed by atoms with van der Waals surface area (Å²) in [6.07, 6.45) is 2.01. The van der Waals surface area contributed by atoms with Gasteiger partial charge in [0, 0.05) is 14.9 Å². The summed E-state index contributed by atoms with van der Waals surface area (Å²) in [4.78, 5) is 13.3. The van der Waals surface area contributed by atoms with E-state index in [0.717, 1.165) is 10.5 Å². The van der Waals surface area contributed by atoms with Gasteiger partial charge < -0.3 is 4.42 Å². The number of hydrogen-bond donors (Lipinski definition) is 1. The summed E-state index contributed by atoms with van der Waals surface area (Å²) in [5.41, 5.74) is 1.30. The third-order valence-corrected chi connectivity index (χ3v) is 4.54. The smallest absolute Gasteiger partial charge is 0.322 e. The first-order valence-electron chi connectivity index (χ1n) is 6.71. The van der Waals surface area contributed by atoms with E-state index in [4.69, 9.17) is 4.42 Å². The lowest BCUT2D eigenvalue weighted by atomic mass is 10.2. The van der Waals surface area contributed by atoms with E-state index >= 15 is 0 Å². The number of anilines is 1. The molecule has 1 heterocycles. The number of amides is 1. The lowest BCUT2D eigenvalue weighted by Gasteiger charge is -2.02. The standard InChI is InChI=1S/C16H12BrN3O2S/c1-23-11-8-6-10(7-9-11)15-19-20-16(22-15)18-14(21)12-4-2-3-5-13(12)17/h2-9H,1H3,(H,18,20,21). The fraction of sp³-hybridized carbons (Fsp3) is 0.0625. The molecule has 0 unspecified atom stereocenters. The van der Waals surface area contributed by atoms with Crippen molar-refractivity contribution in [3.8, 4) is 11.5 Å². The van der Waals surface area contributed by atoms with E-state index in [-0.39, 0.29) is 11.9 Å². The third kappa shape index (κ3) is 3.62. The van der Waals surface area contributed by atoms with Gasteiger partial charge in [-0.2, -0.15) is 0 Å². The Morgan fingerprint density at radius 1 is 1.13 bits per heavy atom. The average Bonchev–Trinajstić information content (AvgIpc) is 3.03. The van der Waals surface area contributed by atoms with Crippen molar-refractivity contribution in [2.45, 2.75) is 4.90 Å². The molecule has 0 radical (unpaired) electrons. The van der Waals surface area contributed by atoms with Gasteiger partial charge in [0.25, 0.3) is 5.91 Å². The monoisotopic (exact) mass is 389 g/mol. The second-order valence-corrected chi connectivity index (χ2v) is 6.31. The van der Waals surface area contributed by atoms with Gasteiger partial charge in [-0.25, -0.2) is 0 Å². The molecule has 1 amide bonds. The van der Waals surface area contributed by atoms with Crippen LogP contribution in [0.2, 0.25) is 0 Å². The first-order chi connectivity index (χ1) is 11.2. The van der Waals surface area contributed by atoms with Gasteiger partial charge in [0.05, 0.1) is 5.56 Å². The third-order valence-electron chi connectivity index (χ3n) is 3.10. The Morgan fingerprint density at radius 3 is 2.57 bits per heavy atom. The highest BCUT2D eigenvalue weighted by Gasteiger charge is 2.14. The lowest BCUT2D eigenvalue weighted by Crippen LogP contribution is -2.12. The van der Waals surface area contributed by atoms with Crippen molar-refractivity contribution in [2.24, 2.45) is 0 Å². The molecule has 23 heavy (non-hydrogen) atoms. The van der Waals surface area contributed by atoms with Crippen molar-refractivity contribution in [3.63, 3.8) is 0 Å². The Bertz CT molecular complexity index is 833. The van der Waals surface area contributed by atoms with E-state index in [2.05, 4.69) is 31.4 Å². The topological polar surface area (TPSA) is 68.0 Å². The summed E-state index contributed by atoms with van der Waals surface area (Å²) in [7, 11) is 0. The SMILES string of the molecule is CSc1ccc(-c2nnc(NC(=O)c3ccccc3Br)o2)cc1. The normalized spacial score (nSPS) is 10.5. The minimum Gasteiger partial charge on any atom is -0.403 e. The number of nitrogens with zero attached hydrogens (tertiary/aromatic N) is 2. The minimum atomic E-state index is -0.314. The van der Waals surface area contributed by atoms with Gasteiger partial charge in [0.15, 0.2) is 0 Å². The van der Waals surface area contributed by atoms with Crippen LogP contribution in [0.3, 0.4) is 0 Å². The molecule has 0 saturated heterocycles. The minimum absolute atomic E-state index is 0.0645. The molecule has 0 fully saturated rings. The maximum atomic E-state index is 12.2. The van der Waals surface area contributed by atoms with Crippen molar-refractivity contribution in [1.29, 1.82) is 0 Å². The van der Waals surface area contributed by atoms with Crippen molar-refractivity contribution in [1.82, 2.24) is 10.2 Å². The molecule has 0 bridgehead atoms. The van der Waals surface area contributed by atoms with Crippen LogP contribution < -0.4 is 5.32 Å². The Labute approximate surface area is 145 Å². The molecular formula is C16H12BrN3O2S. The van der Waals surface area contributed by atoms with Crippen molar-refractivity contribution in [3.05, 3.63) is 58.6 Å². The summed E-state index contributed by atoms with van der Waals surface area (Å²) in [6, 6.07) is 14.9. The van der Waals surface area contributed by atoms with Crippen molar-refractivity contribution >= 4 is 39.6 Å². The zero-order chi connectivity index (χ0) is 16.2. The molecule has 116 valence electrons. The van der Waals surface area contributed by atoms with E-state index in [0.29, 0.717) is 15.9 Å². The average molecular weight is 390 g/mol. The van der Waals surface area contributed by atoms with Crippen molar-refractivity contribution < 1.29 is 9.21 Å². The predicted molar refractivity (Wildman–Crippen MR) is 93.6 cm³/mol. The summed E-state index contributed by atoms with van der Waals surface area (Å²) in [5, 5.41) is 10.4. The van der Waals surface area contributed by atoms with E-state index < -0.39 is 0 Å². The Morgan fingerprint density at radius 2 is 1.87 bits per heavy atom. The molecular weight excluding hydrogens is 378 g/mol. The van der Waals surface area contributed by atoms with Crippen LogP contribution in [0.15, 0.2) is 62.3 Å². The van der Waals surface area contributed by atoms with Crippen LogP contribution in [0.5, 0.6) is 0 Å². The van der Waals surface area contributed by atoms with Crippen LogP contribution in [0.25, 0.3) is 11.5 Å². The van der Waals surface area contributed by atoms with Crippen LogP contribution in [0.4, 0.5) is 6.01 Å². The summed E-state index contributed by atoms with van der Waals surface area (Å²) in [5.74, 6) is 0.0467. The first-order valence-corrected chi connectivity index (χ1v) is 8.73. The first kappa shape index (κ1) is 15.8. The molecule has 0 spiro atoms. The molecule has 0 atom stereocenters. The predicted octanol–water partition coefficient (Wildman–Crippen LogP) is 4.47. The molecule has 3 aromatic rings. The van der Waals surface area contributed by atoms with Gasteiger partial charge in [-0.3, -0.25) is 10.1 Å². The molecule has 1 N–H and O–H groups in total. The molecule has 0 aliphatic rings. The van der Waals surface area contributed by atoms with E-state index in [1.54, 1.807) is 30.0 Å². The number of aromatic nitrogens is 2. The molecule has 0 aliphatic heterocycles. The molecule has 1 aromatic heterocycles. The highest BCUT2D eigenvalue weighted by molar-refractivity contribution is 9.10. The Kier molecular flexibility index (Phi) is 4.78. The largest absolute Gasteiger partial charge is 0.403 e. The zero-order valence-corrected chi connectivity index (χ0v) is 14.5. The lowest BCUT2D eigenvalue weighted by molar-refractivity contribution is 0.102. The molecule has 5 nitrogen and oxygen atoms in total. The summed E-state index contributed by atoms with van der Waals surface area (Å²) in [6.45, 7) is 0. The number of thioether (sulfide) groups is 1. The van der Waals surface area contributed by atoms with E-state index in [1.165, 1.54) is 0 Å². The highest BCUT2D eigenvalue weighted by atomic mass is 79.9. The number of rotatable bonds is 4. The van der Waals surface area contributed by atoms with Crippen LogP contribution >= 0.6 is 27.7 Å². The van der Waals surface area contributed by atoms with Crippen LogP contribution in [-0.2, 0) is 0 Å². The van der Waals surface area contributed by atoms with Gasteiger partial charge in [-0.05, 0) is 58.6 Å². The Balaban J connectivity index is 1.76. The second kappa shape index (κ2) is 6.97.